The summed E-state index contributed by atoms with van der Waals surface area (Å²) in [5.41, 5.74) is 0.233. The van der Waals surface area contributed by atoms with Gasteiger partial charge in [0.05, 0.1) is 0 Å². The first kappa shape index (κ1) is 8.25. The lowest BCUT2D eigenvalue weighted by molar-refractivity contribution is -0.117. The quantitative estimate of drug-likeness (QED) is 0.601. The lowest BCUT2D eigenvalue weighted by Gasteiger charge is -2.25. The van der Waals surface area contributed by atoms with Crippen LogP contribution < -0.4 is 0 Å². The number of halogens is 1. The predicted octanol–water partition coefficient (Wildman–Crippen LogP) is 2.53. The fourth-order valence-electron chi connectivity index (χ4n) is 1.39. The molecule has 0 heterocycles. The van der Waals surface area contributed by atoms with Crippen LogP contribution in [0.25, 0.3) is 0 Å². The predicted molar refractivity (Wildman–Crippen MR) is 45.4 cm³/mol. The molecular formula is C8H13BrO. The van der Waals surface area contributed by atoms with E-state index in [9.17, 15) is 4.79 Å². The third kappa shape index (κ3) is 1.42. The van der Waals surface area contributed by atoms with Crippen LogP contribution in [0.15, 0.2) is 0 Å². The Morgan fingerprint density at radius 2 is 2.30 bits per heavy atom. The molecule has 2 heteroatoms. The van der Waals surface area contributed by atoms with Crippen LogP contribution in [0.4, 0.5) is 0 Å². The molecule has 1 aliphatic rings. The molecule has 1 fully saturated rings. The van der Waals surface area contributed by atoms with Crippen LogP contribution in [0.1, 0.15) is 33.1 Å². The molecule has 1 saturated carbocycles. The fraction of sp³-hybridized carbons (Fsp3) is 0.875. The zero-order valence-corrected chi connectivity index (χ0v) is 8.07. The van der Waals surface area contributed by atoms with Crippen molar-refractivity contribution >= 4 is 21.7 Å². The van der Waals surface area contributed by atoms with Gasteiger partial charge in [0.15, 0.2) is 0 Å². The highest BCUT2D eigenvalue weighted by molar-refractivity contribution is 9.09. The first-order chi connectivity index (χ1) is 4.54. The van der Waals surface area contributed by atoms with Crippen LogP contribution in [0.3, 0.4) is 0 Å². The Morgan fingerprint density at radius 3 is 2.50 bits per heavy atom. The second-order valence-corrected chi connectivity index (χ2v) is 4.86. The summed E-state index contributed by atoms with van der Waals surface area (Å²) in [6, 6.07) is 0. The normalized spacial score (nSPS) is 36.5. The maximum absolute atomic E-state index is 10.9. The Bertz CT molecular complexity index is 153. The van der Waals surface area contributed by atoms with Gasteiger partial charge in [0.25, 0.3) is 0 Å². The van der Waals surface area contributed by atoms with Crippen molar-refractivity contribution < 1.29 is 4.79 Å². The minimum Gasteiger partial charge on any atom is -0.300 e. The van der Waals surface area contributed by atoms with Crippen LogP contribution in [-0.2, 0) is 4.79 Å². The fourth-order valence-corrected chi connectivity index (χ4v) is 1.78. The number of carbonyl (C=O) groups is 1. The maximum atomic E-state index is 10.9. The van der Waals surface area contributed by atoms with Crippen LogP contribution in [0, 0.1) is 5.41 Å². The number of hydrogen-bond acceptors (Lipinski definition) is 1. The molecule has 0 N–H and O–H groups in total. The van der Waals surface area contributed by atoms with E-state index in [0.717, 1.165) is 19.3 Å². The van der Waals surface area contributed by atoms with Crippen molar-refractivity contribution in [3.8, 4) is 0 Å². The van der Waals surface area contributed by atoms with Gasteiger partial charge in [-0.15, -0.1) is 0 Å². The van der Waals surface area contributed by atoms with Crippen molar-refractivity contribution in [3.05, 3.63) is 0 Å². The van der Waals surface area contributed by atoms with Gasteiger partial charge in [0.2, 0.25) is 0 Å². The van der Waals surface area contributed by atoms with E-state index in [1.165, 1.54) is 0 Å². The largest absolute Gasteiger partial charge is 0.300 e. The molecule has 0 bridgehead atoms. The Morgan fingerprint density at radius 1 is 1.70 bits per heavy atom. The first-order valence-electron chi connectivity index (χ1n) is 3.70. The molecule has 0 spiro atoms. The van der Waals surface area contributed by atoms with Gasteiger partial charge < -0.3 is 0 Å². The molecule has 0 aromatic rings. The standard InChI is InChI=1S/C8H13BrO/c1-6(9)8(2)4-3-7(10)5-8/h6H,3-5H2,1-2H3. The number of Topliss-reactive ketones (excluding diaryl/α,β-unsaturated/α-hetero) is 1. The summed E-state index contributed by atoms with van der Waals surface area (Å²) in [6.45, 7) is 4.30. The molecule has 1 aliphatic carbocycles. The van der Waals surface area contributed by atoms with Gasteiger partial charge in [-0.25, -0.2) is 0 Å². The van der Waals surface area contributed by atoms with E-state index in [0.29, 0.717) is 10.6 Å². The molecule has 0 amide bonds. The van der Waals surface area contributed by atoms with E-state index in [2.05, 4.69) is 29.8 Å². The van der Waals surface area contributed by atoms with Gasteiger partial charge in [0, 0.05) is 17.7 Å². The lowest BCUT2D eigenvalue weighted by atomic mass is 9.86. The second kappa shape index (κ2) is 2.65. The zero-order chi connectivity index (χ0) is 7.78. The molecule has 0 radical (unpaired) electrons. The number of carbonyl (C=O) groups excluding carboxylic acids is 1. The van der Waals surface area contributed by atoms with Crippen LogP contribution in [0.5, 0.6) is 0 Å². The average molecular weight is 205 g/mol. The van der Waals surface area contributed by atoms with Gasteiger partial charge in [-0.2, -0.15) is 0 Å². The average Bonchev–Trinajstić information content (AvgIpc) is 2.13. The molecule has 2 atom stereocenters. The van der Waals surface area contributed by atoms with Crippen molar-refractivity contribution in [2.45, 2.75) is 37.9 Å². The smallest absolute Gasteiger partial charge is 0.133 e. The first-order valence-corrected chi connectivity index (χ1v) is 4.62. The van der Waals surface area contributed by atoms with E-state index in [-0.39, 0.29) is 5.41 Å². The van der Waals surface area contributed by atoms with Crippen molar-refractivity contribution in [3.63, 3.8) is 0 Å². The van der Waals surface area contributed by atoms with Gasteiger partial charge in [-0.1, -0.05) is 29.8 Å². The number of ketones is 1. The van der Waals surface area contributed by atoms with Crippen molar-refractivity contribution in [2.24, 2.45) is 5.41 Å². The third-order valence-electron chi connectivity index (χ3n) is 2.54. The van der Waals surface area contributed by atoms with Crippen LogP contribution >= 0.6 is 15.9 Å². The minimum atomic E-state index is 0.233. The molecule has 58 valence electrons. The monoisotopic (exact) mass is 204 g/mol. The zero-order valence-electron chi connectivity index (χ0n) is 6.48. The summed E-state index contributed by atoms with van der Waals surface area (Å²) in [5, 5.41) is 0. The highest BCUT2D eigenvalue weighted by atomic mass is 79.9. The summed E-state index contributed by atoms with van der Waals surface area (Å²) >= 11 is 3.53. The molecule has 0 aromatic heterocycles. The summed E-state index contributed by atoms with van der Waals surface area (Å²) < 4.78 is 0. The van der Waals surface area contributed by atoms with Gasteiger partial charge >= 0.3 is 0 Å². The highest BCUT2D eigenvalue weighted by Gasteiger charge is 2.37. The van der Waals surface area contributed by atoms with Crippen LogP contribution in [-0.4, -0.2) is 10.6 Å². The summed E-state index contributed by atoms with van der Waals surface area (Å²) in [4.78, 5) is 11.4. The summed E-state index contributed by atoms with van der Waals surface area (Å²) in [6.07, 6.45) is 2.60. The van der Waals surface area contributed by atoms with E-state index in [1.807, 2.05) is 0 Å². The number of hydrogen-bond donors (Lipinski definition) is 0. The Kier molecular flexibility index (Phi) is 2.18. The molecule has 0 aliphatic heterocycles. The SMILES string of the molecule is CC(Br)C1(C)CCC(=O)C1. The van der Waals surface area contributed by atoms with Crippen molar-refractivity contribution in [2.75, 3.05) is 0 Å². The molecule has 1 rings (SSSR count). The minimum absolute atomic E-state index is 0.233. The maximum Gasteiger partial charge on any atom is 0.133 e. The number of rotatable bonds is 1. The van der Waals surface area contributed by atoms with E-state index >= 15 is 0 Å². The lowest BCUT2D eigenvalue weighted by Crippen LogP contribution is -2.21. The number of alkyl halides is 1. The Hall–Kier alpha value is 0.150. The summed E-state index contributed by atoms with van der Waals surface area (Å²) in [7, 11) is 0. The Balaban J connectivity index is 2.63. The second-order valence-electron chi connectivity index (χ2n) is 3.49. The molecule has 10 heavy (non-hydrogen) atoms. The van der Waals surface area contributed by atoms with E-state index in [4.69, 9.17) is 0 Å². The molecular weight excluding hydrogens is 192 g/mol. The summed E-state index contributed by atoms with van der Waals surface area (Å²) in [5.74, 6) is 0.425. The third-order valence-corrected chi connectivity index (χ3v) is 3.64. The van der Waals surface area contributed by atoms with Crippen molar-refractivity contribution in [1.29, 1.82) is 0 Å². The Labute approximate surface area is 70.3 Å². The van der Waals surface area contributed by atoms with Crippen molar-refractivity contribution in [1.82, 2.24) is 0 Å². The van der Waals surface area contributed by atoms with E-state index in [1.54, 1.807) is 0 Å². The molecule has 0 aromatic carbocycles. The van der Waals surface area contributed by atoms with Gasteiger partial charge in [-0.05, 0) is 11.8 Å². The van der Waals surface area contributed by atoms with Crippen LogP contribution in [0.2, 0.25) is 0 Å². The van der Waals surface area contributed by atoms with Gasteiger partial charge in [-0.3, -0.25) is 4.79 Å². The molecule has 1 nitrogen and oxygen atoms in total. The van der Waals surface area contributed by atoms with Gasteiger partial charge in [0.1, 0.15) is 5.78 Å². The topological polar surface area (TPSA) is 17.1 Å². The van der Waals surface area contributed by atoms with E-state index < -0.39 is 0 Å². The highest BCUT2D eigenvalue weighted by Crippen LogP contribution is 2.41. The molecule has 0 saturated heterocycles. The molecule has 2 unspecified atom stereocenters.